The van der Waals surface area contributed by atoms with Gasteiger partial charge in [0.15, 0.2) is 0 Å². The highest BCUT2D eigenvalue weighted by molar-refractivity contribution is 6.01. The Balaban J connectivity index is 1.14. The minimum atomic E-state index is -1.57. The minimum absolute atomic E-state index is 0.0222. The fourth-order valence-electron chi connectivity index (χ4n) is 13.8. The van der Waals surface area contributed by atoms with Crippen LogP contribution < -0.4 is 80.2 Å². The van der Waals surface area contributed by atoms with Crippen molar-refractivity contribution in [2.45, 2.75) is 238 Å². The maximum absolute atomic E-state index is 15.3. The number of aromatic nitrogens is 1. The highest BCUT2D eigenvalue weighted by Gasteiger charge is 2.43. The number of para-hydroxylation sites is 1. The molecule has 2 saturated heterocycles. The first-order chi connectivity index (χ1) is 57.7. The van der Waals surface area contributed by atoms with Gasteiger partial charge in [0.05, 0.1) is 19.6 Å². The third kappa shape index (κ3) is 29.7. The van der Waals surface area contributed by atoms with Gasteiger partial charge in [0, 0.05) is 55.9 Å². The summed E-state index contributed by atoms with van der Waals surface area (Å²) in [5, 5.41) is 65.5. The van der Waals surface area contributed by atoms with Crippen molar-refractivity contribution >= 4 is 117 Å². The number of aromatic amines is 1. The van der Waals surface area contributed by atoms with Gasteiger partial charge in [-0.1, -0.05) is 115 Å². The molecule has 0 spiro atoms. The summed E-state index contributed by atoms with van der Waals surface area (Å²) in [6.07, 6.45) is 1.82. The Morgan fingerprint density at radius 2 is 0.910 bits per heavy atom. The largest absolute Gasteiger partial charge is 0.508 e. The molecule has 16 atom stereocenters. The molecule has 0 bridgehead atoms. The van der Waals surface area contributed by atoms with Crippen molar-refractivity contribution in [2.75, 3.05) is 32.7 Å². The van der Waals surface area contributed by atoms with Gasteiger partial charge in [-0.05, 0) is 126 Å². The van der Waals surface area contributed by atoms with Crippen LogP contribution in [0.4, 0.5) is 0 Å². The van der Waals surface area contributed by atoms with Crippen molar-refractivity contribution in [1.29, 1.82) is 0 Å². The molecule has 2 aliphatic heterocycles. The zero-order valence-electron chi connectivity index (χ0n) is 70.6. The number of amides is 16. The average Bonchev–Trinajstić information content (AvgIpc) is 1.62. The smallest absolute Gasteiger partial charge is 0.326 e. The van der Waals surface area contributed by atoms with Gasteiger partial charge in [-0.2, -0.15) is 0 Å². The van der Waals surface area contributed by atoms with Crippen LogP contribution in [0.2, 0.25) is 0 Å². The van der Waals surface area contributed by atoms with Crippen LogP contribution in [0.3, 0.4) is 0 Å². The molecule has 0 saturated carbocycles. The predicted molar refractivity (Wildman–Crippen MR) is 443 cm³/mol. The second-order valence-electron chi connectivity index (χ2n) is 31.4. The average molecular weight is 1700 g/mol. The number of nitrogens with two attached hydrogens (primary N) is 1. The lowest BCUT2D eigenvalue weighted by Crippen LogP contribution is -2.61. The number of carbonyl (C=O) groups is 18. The van der Waals surface area contributed by atoms with Crippen molar-refractivity contribution in [3.8, 4) is 5.75 Å². The van der Waals surface area contributed by atoms with E-state index >= 15 is 9.59 Å². The molecule has 20 N–H and O–H groups in total. The van der Waals surface area contributed by atoms with Crippen molar-refractivity contribution in [1.82, 2.24) is 89.2 Å². The topological polar surface area (TPSA) is 585 Å². The molecule has 2 aliphatic rings. The summed E-state index contributed by atoms with van der Waals surface area (Å²) < 4.78 is 0. The fourth-order valence-corrected chi connectivity index (χ4v) is 13.8. The number of rotatable bonds is 46. The monoisotopic (exact) mass is 1700 g/mol. The molecule has 0 aliphatic carbocycles. The number of phenols is 1. The van der Waals surface area contributed by atoms with Gasteiger partial charge in [0.25, 0.3) is 0 Å². The number of fused-ring (bicyclic) bond motifs is 1. The summed E-state index contributed by atoms with van der Waals surface area (Å²) in [4.78, 5) is 251. The maximum Gasteiger partial charge on any atom is 0.326 e. The number of aromatic hydroxyl groups is 1. The second-order valence-corrected chi connectivity index (χ2v) is 31.4. The SMILES string of the molecule is CC[C@H](C)[C@H](NC(=O)[C@H](C)NC(=O)[C@H](C)NC(=O)CN)C(=O)NCC(=O)N[C@@H](CC(C)C)C(=O)N[C@@H](C)C(=O)N[C@@H](Cc1c[nH]c2ccccc12)C(=O)N[C@H](C(=O)N1CCC[C@H]1C(=O)N[C@@H](Cc1ccc(O)cc1)C(=O)N[C@@H](Cc1ccccc1)C(=O)NCC(=O)N1CCC[C@H]1C(=O)N[C@@H](C)C(=O)N[C@@H](C)C(=O)N[C@@H](CCC(=O)O)C(=O)O)[C@@H](C)CC. The van der Waals surface area contributed by atoms with Crippen LogP contribution in [0.25, 0.3) is 10.9 Å². The molecule has 122 heavy (non-hydrogen) atoms. The number of benzene rings is 3. The summed E-state index contributed by atoms with van der Waals surface area (Å²) >= 11 is 0. The van der Waals surface area contributed by atoms with Gasteiger partial charge in [-0.3, -0.25) is 81.5 Å². The zero-order chi connectivity index (χ0) is 90.4. The third-order valence-electron chi connectivity index (χ3n) is 21.4. The summed E-state index contributed by atoms with van der Waals surface area (Å²) in [5.74, 6) is -16.7. The number of phenolic OH excluding ortho intramolecular Hbond substituents is 1. The molecule has 39 nitrogen and oxygen atoms in total. The van der Waals surface area contributed by atoms with Gasteiger partial charge >= 0.3 is 11.9 Å². The van der Waals surface area contributed by atoms with Crippen LogP contribution in [0.1, 0.15) is 151 Å². The normalized spacial score (nSPS) is 17.1. The lowest BCUT2D eigenvalue weighted by Gasteiger charge is -2.33. The molecular weight excluding hydrogens is 1590 g/mol. The minimum Gasteiger partial charge on any atom is -0.508 e. The first-order valence-corrected chi connectivity index (χ1v) is 41.0. The number of carboxylic acids is 2. The molecule has 3 aromatic carbocycles. The lowest BCUT2D eigenvalue weighted by atomic mass is 9.96. The summed E-state index contributed by atoms with van der Waals surface area (Å²) in [5.41, 5.74) is 7.63. The molecule has 666 valence electrons. The Labute approximate surface area is 706 Å². The van der Waals surface area contributed by atoms with Crippen molar-refractivity contribution in [3.05, 3.63) is 102 Å². The van der Waals surface area contributed by atoms with Gasteiger partial charge in [-0.25, -0.2) is 4.79 Å². The summed E-state index contributed by atoms with van der Waals surface area (Å²) in [6, 6.07) is 3.23. The predicted octanol–water partition coefficient (Wildman–Crippen LogP) is -1.92. The van der Waals surface area contributed by atoms with E-state index in [1.807, 2.05) is 6.07 Å². The third-order valence-corrected chi connectivity index (χ3v) is 21.4. The number of likely N-dealkylation sites (tertiary alicyclic amines) is 2. The molecule has 4 aromatic rings. The van der Waals surface area contributed by atoms with Gasteiger partial charge in [0.2, 0.25) is 94.5 Å². The number of hydrogen-bond acceptors (Lipinski definition) is 20. The Kier molecular flexibility index (Phi) is 38.2. The molecular formula is C83H118N18O21. The number of aliphatic carboxylic acids is 2. The van der Waals surface area contributed by atoms with Crippen molar-refractivity contribution < 1.29 is 102 Å². The van der Waals surface area contributed by atoms with E-state index in [9.17, 15) is 86.9 Å². The zero-order valence-corrected chi connectivity index (χ0v) is 70.6. The lowest BCUT2D eigenvalue weighted by molar-refractivity contribution is -0.143. The first-order valence-electron chi connectivity index (χ1n) is 41.0. The van der Waals surface area contributed by atoms with Gasteiger partial charge in [-0.15, -0.1) is 0 Å². The van der Waals surface area contributed by atoms with E-state index in [0.29, 0.717) is 53.3 Å². The number of nitrogens with zero attached hydrogens (tertiary/aromatic N) is 2. The Bertz CT molecular complexity index is 4390. The molecule has 6 rings (SSSR count). The standard InChI is InChI=1S/C83H118N18O21/c1-12-44(5)68(98-74(112)50(11)90-70(108)46(7)88-64(103)39-84)81(119)86-41-65(104)93-58(35-43(3)4)76(114)91-49(10)73(111)95-61(38-53-40-85-56-24-18-17-23-55(53)56)78(116)99-69(45(6)13-2)82(120)101-34-20-26-63(101)80(118)97-60(37-52-27-29-54(102)30-28-52)77(115)96-59(36-51-21-15-14-16-22-51)75(113)87-42-66(105)100-33-19-25-62(100)79(117)92-47(8)71(109)89-48(9)72(110)94-57(83(121)122)31-32-67(106)107/h14-18,21-24,27-30,40,43-50,57-63,68-69,85,102H,12-13,19-20,25-26,31-39,41-42,84H2,1-11H3,(H,86,119)(H,87,113)(H,88,103)(H,89,109)(H,90,108)(H,91,114)(H,92,117)(H,93,104)(H,94,110)(H,95,111)(H,96,115)(H,97,118)(H,98,112)(H,99,116)(H,106,107)(H,121,122)/t44-,45-,46-,47-,48-,49-,50-,57-,58-,59-,60-,61-,62-,63-,68-,69-/m0/s1. The number of carboxylic acid groups (broad SMARTS) is 2. The van der Waals surface area contributed by atoms with E-state index < -0.39 is 229 Å². The number of hydrogen-bond donors (Lipinski definition) is 19. The van der Waals surface area contributed by atoms with E-state index in [4.69, 9.17) is 10.8 Å². The van der Waals surface area contributed by atoms with E-state index in [1.54, 1.807) is 96.3 Å². The summed E-state index contributed by atoms with van der Waals surface area (Å²) in [6.45, 7) is 15.6. The van der Waals surface area contributed by atoms with E-state index in [2.05, 4.69) is 79.4 Å². The second kappa shape index (κ2) is 47.4. The van der Waals surface area contributed by atoms with Crippen LogP contribution in [0, 0.1) is 17.8 Å². The molecule has 16 amide bonds. The molecule has 0 unspecified atom stereocenters. The van der Waals surface area contributed by atoms with Crippen LogP contribution in [0.5, 0.6) is 5.75 Å². The molecule has 0 radical (unpaired) electrons. The van der Waals surface area contributed by atoms with Crippen LogP contribution in [-0.2, 0) is 106 Å². The van der Waals surface area contributed by atoms with E-state index in [0.717, 1.165) is 0 Å². The maximum atomic E-state index is 15.3. The highest BCUT2D eigenvalue weighted by Crippen LogP contribution is 2.25. The Hall–Kier alpha value is -12.6. The Morgan fingerprint density at radius 3 is 1.49 bits per heavy atom. The quantitative estimate of drug-likeness (QED) is 0.0229. The van der Waals surface area contributed by atoms with Gasteiger partial charge < -0.3 is 110 Å². The fraction of sp³-hybridized carbons (Fsp3) is 0.542. The number of carbonyl (C=O) groups excluding carboxylic acids is 16. The summed E-state index contributed by atoms with van der Waals surface area (Å²) in [7, 11) is 0. The van der Waals surface area contributed by atoms with Crippen molar-refractivity contribution in [3.63, 3.8) is 0 Å². The van der Waals surface area contributed by atoms with Gasteiger partial charge in [0.1, 0.15) is 90.3 Å². The van der Waals surface area contributed by atoms with Crippen LogP contribution in [-0.4, -0.2) is 254 Å². The van der Waals surface area contributed by atoms with E-state index in [1.165, 1.54) is 68.7 Å². The molecule has 39 heteroatoms. The Morgan fingerprint density at radius 1 is 0.451 bits per heavy atom. The number of H-pyrrole nitrogens is 1. The van der Waals surface area contributed by atoms with E-state index in [-0.39, 0.29) is 69.8 Å². The first kappa shape index (κ1) is 98.2. The molecule has 1 aromatic heterocycles. The molecule has 3 heterocycles. The van der Waals surface area contributed by atoms with Crippen LogP contribution >= 0.6 is 0 Å². The number of nitrogens with one attached hydrogen (secondary N) is 15. The highest BCUT2D eigenvalue weighted by atomic mass is 16.4. The van der Waals surface area contributed by atoms with Crippen LogP contribution in [0.15, 0.2) is 85.1 Å². The van der Waals surface area contributed by atoms with Crippen molar-refractivity contribution in [2.24, 2.45) is 23.5 Å². The molecule has 2 fully saturated rings.